The highest BCUT2D eigenvalue weighted by molar-refractivity contribution is 7.09. The Hall–Kier alpha value is -1.83. The molecular weight excluding hydrogens is 288 g/mol. The van der Waals surface area contributed by atoms with Gasteiger partial charge >= 0.3 is 0 Å². The number of tetrazole rings is 1. The van der Waals surface area contributed by atoms with Crippen LogP contribution in [0.25, 0.3) is 0 Å². The third-order valence-corrected chi connectivity index (χ3v) is 4.82. The van der Waals surface area contributed by atoms with Crippen molar-refractivity contribution < 1.29 is 4.79 Å². The van der Waals surface area contributed by atoms with Gasteiger partial charge in [0.15, 0.2) is 5.82 Å². The predicted octanol–water partition coefficient (Wildman–Crippen LogP) is 1.80. The van der Waals surface area contributed by atoms with Crippen molar-refractivity contribution in [3.8, 4) is 0 Å². The minimum absolute atomic E-state index is 0.00587. The molecule has 1 aliphatic rings. The molecule has 3 heterocycles. The number of thiazole rings is 1. The number of nitrogens with zero attached hydrogens (tertiary/aromatic N) is 5. The van der Waals surface area contributed by atoms with Crippen LogP contribution < -0.4 is 0 Å². The van der Waals surface area contributed by atoms with E-state index < -0.39 is 0 Å². The van der Waals surface area contributed by atoms with E-state index in [1.807, 2.05) is 10.3 Å². The lowest BCUT2D eigenvalue weighted by molar-refractivity contribution is 0.0699. The van der Waals surface area contributed by atoms with Crippen LogP contribution >= 0.6 is 11.3 Å². The van der Waals surface area contributed by atoms with E-state index in [1.54, 1.807) is 11.3 Å². The number of aromatic amines is 1. The second-order valence-corrected chi connectivity index (χ2v) is 6.48. The summed E-state index contributed by atoms with van der Waals surface area (Å²) in [6, 6.07) is 0. The number of carbonyl (C=O) groups is 1. The quantitative estimate of drug-likeness (QED) is 0.934. The minimum atomic E-state index is 0.00587. The summed E-state index contributed by atoms with van der Waals surface area (Å²) in [5, 5.41) is 17.0. The first kappa shape index (κ1) is 14.1. The molecule has 0 aliphatic carbocycles. The van der Waals surface area contributed by atoms with Gasteiger partial charge in [-0.3, -0.25) is 4.79 Å². The van der Waals surface area contributed by atoms with E-state index in [1.165, 1.54) is 0 Å². The standard InChI is InChI=1S/C13H18N6OS/c1-8(2)12-14-10(7-21-12)13(20)19-5-3-4-9(6-19)11-15-17-18-16-11/h7-9H,3-6H2,1-2H3,(H,15,16,17,18)/t9-/m0/s1. The molecule has 7 nitrogen and oxygen atoms in total. The number of hydrogen-bond donors (Lipinski definition) is 1. The Kier molecular flexibility index (Phi) is 3.96. The summed E-state index contributed by atoms with van der Waals surface area (Å²) in [5.74, 6) is 1.20. The summed E-state index contributed by atoms with van der Waals surface area (Å²) >= 11 is 1.55. The molecule has 1 atom stereocenters. The first-order valence-electron chi connectivity index (χ1n) is 7.13. The highest BCUT2D eigenvalue weighted by Gasteiger charge is 2.28. The fourth-order valence-corrected chi connectivity index (χ4v) is 3.34. The van der Waals surface area contributed by atoms with Crippen LogP contribution in [-0.2, 0) is 0 Å². The Morgan fingerprint density at radius 2 is 2.38 bits per heavy atom. The Bertz CT molecular complexity index is 608. The number of hydrogen-bond acceptors (Lipinski definition) is 6. The van der Waals surface area contributed by atoms with Gasteiger partial charge in [0.1, 0.15) is 5.69 Å². The van der Waals surface area contributed by atoms with Gasteiger partial charge < -0.3 is 4.90 Å². The Morgan fingerprint density at radius 1 is 1.52 bits per heavy atom. The van der Waals surface area contributed by atoms with Crippen molar-refractivity contribution in [2.75, 3.05) is 13.1 Å². The maximum atomic E-state index is 12.6. The molecule has 2 aromatic rings. The fraction of sp³-hybridized carbons (Fsp3) is 0.615. The van der Waals surface area contributed by atoms with Crippen LogP contribution in [0.15, 0.2) is 5.38 Å². The molecule has 0 unspecified atom stereocenters. The number of likely N-dealkylation sites (tertiary alicyclic amines) is 1. The third kappa shape index (κ3) is 2.94. The molecule has 0 bridgehead atoms. The minimum Gasteiger partial charge on any atom is -0.337 e. The molecule has 21 heavy (non-hydrogen) atoms. The van der Waals surface area contributed by atoms with Gasteiger partial charge in [0.25, 0.3) is 5.91 Å². The van der Waals surface area contributed by atoms with Crippen LogP contribution in [0, 0.1) is 0 Å². The van der Waals surface area contributed by atoms with Gasteiger partial charge in [-0.25, -0.2) is 4.98 Å². The zero-order valence-electron chi connectivity index (χ0n) is 12.1. The monoisotopic (exact) mass is 306 g/mol. The second kappa shape index (κ2) is 5.88. The smallest absolute Gasteiger partial charge is 0.273 e. The van der Waals surface area contributed by atoms with E-state index in [0.717, 1.165) is 24.4 Å². The van der Waals surface area contributed by atoms with E-state index in [9.17, 15) is 4.79 Å². The van der Waals surface area contributed by atoms with Gasteiger partial charge in [-0.15, -0.1) is 21.5 Å². The lowest BCUT2D eigenvalue weighted by atomic mass is 9.97. The average molecular weight is 306 g/mol. The highest BCUT2D eigenvalue weighted by Crippen LogP contribution is 2.26. The number of piperidine rings is 1. The van der Waals surface area contributed by atoms with E-state index in [0.29, 0.717) is 24.0 Å². The van der Waals surface area contributed by atoms with Crippen molar-refractivity contribution in [3.63, 3.8) is 0 Å². The number of nitrogens with one attached hydrogen (secondary N) is 1. The van der Waals surface area contributed by atoms with E-state index >= 15 is 0 Å². The summed E-state index contributed by atoms with van der Waals surface area (Å²) in [7, 11) is 0. The normalized spacial score (nSPS) is 19.2. The molecule has 1 aliphatic heterocycles. The molecular formula is C13H18N6OS. The van der Waals surface area contributed by atoms with Gasteiger partial charge in [-0.2, -0.15) is 5.21 Å². The van der Waals surface area contributed by atoms with Gasteiger partial charge in [-0.1, -0.05) is 19.1 Å². The molecule has 1 saturated heterocycles. The van der Waals surface area contributed by atoms with E-state index in [2.05, 4.69) is 39.5 Å². The summed E-state index contributed by atoms with van der Waals surface area (Å²) in [6.07, 6.45) is 1.93. The molecule has 0 aromatic carbocycles. The first-order chi connectivity index (χ1) is 10.1. The maximum Gasteiger partial charge on any atom is 0.273 e. The van der Waals surface area contributed by atoms with Crippen LogP contribution in [0.1, 0.15) is 59.8 Å². The summed E-state index contributed by atoms with van der Waals surface area (Å²) in [6.45, 7) is 5.56. The number of aromatic nitrogens is 5. The fourth-order valence-electron chi connectivity index (χ4n) is 2.53. The lowest BCUT2D eigenvalue weighted by Crippen LogP contribution is -2.39. The number of H-pyrrole nitrogens is 1. The molecule has 0 radical (unpaired) electrons. The Labute approximate surface area is 126 Å². The first-order valence-corrected chi connectivity index (χ1v) is 8.01. The average Bonchev–Trinajstić information content (AvgIpc) is 3.18. The molecule has 2 aromatic heterocycles. The van der Waals surface area contributed by atoms with Crippen LogP contribution in [0.5, 0.6) is 0 Å². The molecule has 0 spiro atoms. The Balaban J connectivity index is 1.71. The largest absolute Gasteiger partial charge is 0.337 e. The molecule has 8 heteroatoms. The van der Waals surface area contributed by atoms with Crippen molar-refractivity contribution >= 4 is 17.2 Å². The van der Waals surface area contributed by atoms with Gasteiger partial charge in [-0.05, 0) is 12.8 Å². The van der Waals surface area contributed by atoms with Crippen molar-refractivity contribution in [2.24, 2.45) is 0 Å². The van der Waals surface area contributed by atoms with Crippen LogP contribution in [-0.4, -0.2) is 49.5 Å². The second-order valence-electron chi connectivity index (χ2n) is 5.59. The zero-order chi connectivity index (χ0) is 14.8. The van der Waals surface area contributed by atoms with E-state index in [-0.39, 0.29) is 11.8 Å². The van der Waals surface area contributed by atoms with E-state index in [4.69, 9.17) is 0 Å². The van der Waals surface area contributed by atoms with Gasteiger partial charge in [0, 0.05) is 30.3 Å². The molecule has 1 amide bonds. The highest BCUT2D eigenvalue weighted by atomic mass is 32.1. The molecule has 1 fully saturated rings. The SMILES string of the molecule is CC(C)c1nc(C(=O)N2CCC[C@H](c3nn[nH]n3)C2)cs1. The lowest BCUT2D eigenvalue weighted by Gasteiger charge is -2.30. The number of rotatable bonds is 3. The number of carbonyl (C=O) groups excluding carboxylic acids is 1. The summed E-state index contributed by atoms with van der Waals surface area (Å²) in [4.78, 5) is 18.9. The molecule has 1 N–H and O–H groups in total. The van der Waals surface area contributed by atoms with Crippen LogP contribution in [0.4, 0.5) is 0 Å². The van der Waals surface area contributed by atoms with Gasteiger partial charge in [0.2, 0.25) is 0 Å². The van der Waals surface area contributed by atoms with Crippen molar-refractivity contribution in [3.05, 3.63) is 21.9 Å². The third-order valence-electron chi connectivity index (χ3n) is 3.67. The zero-order valence-corrected chi connectivity index (χ0v) is 12.9. The summed E-state index contributed by atoms with van der Waals surface area (Å²) < 4.78 is 0. The molecule has 0 saturated carbocycles. The van der Waals surface area contributed by atoms with Crippen molar-refractivity contribution in [1.29, 1.82) is 0 Å². The van der Waals surface area contributed by atoms with Crippen molar-refractivity contribution in [2.45, 2.75) is 38.5 Å². The molecule has 112 valence electrons. The van der Waals surface area contributed by atoms with Crippen LogP contribution in [0.2, 0.25) is 0 Å². The van der Waals surface area contributed by atoms with Crippen molar-refractivity contribution in [1.82, 2.24) is 30.5 Å². The predicted molar refractivity (Wildman–Crippen MR) is 78.3 cm³/mol. The van der Waals surface area contributed by atoms with Gasteiger partial charge in [0.05, 0.1) is 5.01 Å². The molecule has 3 rings (SSSR count). The topological polar surface area (TPSA) is 87.7 Å². The Morgan fingerprint density at radius 3 is 3.05 bits per heavy atom. The maximum absolute atomic E-state index is 12.6. The summed E-state index contributed by atoms with van der Waals surface area (Å²) in [5.41, 5.74) is 0.553. The van der Waals surface area contributed by atoms with Crippen LogP contribution in [0.3, 0.4) is 0 Å². The number of amides is 1.